The van der Waals surface area contributed by atoms with Crippen LogP contribution >= 0.6 is 0 Å². The lowest BCUT2D eigenvalue weighted by Gasteiger charge is -2.27. The molecule has 6 rings (SSSR count). The summed E-state index contributed by atoms with van der Waals surface area (Å²) < 4.78 is 5.93. The molecule has 4 bridgehead atoms. The van der Waals surface area contributed by atoms with Crippen LogP contribution in [0, 0.1) is 5.92 Å². The van der Waals surface area contributed by atoms with Crippen molar-refractivity contribution in [2.75, 3.05) is 7.05 Å². The SMILES string of the molecule is CC(C)[C@@H]1NC(=O)c2cc(ccc2O)Oc2ccc(cc2)C[C@@H](C(=O)N(C)Cc2cnc3ccccc3n2)NC(=O)[C@H](C)NC1=O. The third-order valence-corrected chi connectivity index (χ3v) is 7.69. The first-order valence-corrected chi connectivity index (χ1v) is 15.0. The third-order valence-electron chi connectivity index (χ3n) is 7.69. The van der Waals surface area contributed by atoms with Crippen molar-refractivity contribution < 1.29 is 29.0 Å². The number of hydrogen-bond donors (Lipinski definition) is 4. The highest BCUT2D eigenvalue weighted by atomic mass is 16.5. The number of benzene rings is 3. The van der Waals surface area contributed by atoms with Gasteiger partial charge in [0, 0.05) is 13.5 Å². The van der Waals surface area contributed by atoms with Crippen LogP contribution in [-0.2, 0) is 27.3 Å². The molecular weight excluding hydrogens is 588 g/mol. The summed E-state index contributed by atoms with van der Waals surface area (Å²) in [6, 6.07) is 15.6. The number of rotatable bonds is 4. The van der Waals surface area contributed by atoms with E-state index in [9.17, 15) is 24.3 Å². The number of phenolic OH excluding ortho intramolecular Hbond substituents is 1. The summed E-state index contributed by atoms with van der Waals surface area (Å²) in [6.45, 7) is 5.15. The standard InChI is InChI=1S/C34H36N6O6/c1-19(2)30-33(44)36-20(3)31(42)38-28(34(45)40(4)18-22-17-35-26-7-5-6-8-27(26)37-22)15-21-9-11-23(12-10-21)46-24-13-14-29(41)25(16-24)32(43)39-30/h5-14,16-17,19-20,28,30,41H,15,18H2,1-4H3,(H,36,44)(H,38,42)(H,39,43)/t20-,28-,30-/m0/s1. The van der Waals surface area contributed by atoms with Crippen LogP contribution in [-0.4, -0.2) is 68.8 Å². The van der Waals surface area contributed by atoms with Gasteiger partial charge in [-0.15, -0.1) is 0 Å². The Hall–Kier alpha value is -5.52. The van der Waals surface area contributed by atoms with Crippen molar-refractivity contribution in [2.45, 2.75) is 51.9 Å². The van der Waals surface area contributed by atoms with E-state index in [1.807, 2.05) is 24.3 Å². The van der Waals surface area contributed by atoms with E-state index in [1.165, 1.54) is 30.0 Å². The van der Waals surface area contributed by atoms with E-state index in [4.69, 9.17) is 4.74 Å². The second-order valence-corrected chi connectivity index (χ2v) is 11.7. The molecule has 4 N–H and O–H groups in total. The normalized spacial score (nSPS) is 19.0. The van der Waals surface area contributed by atoms with E-state index in [0.29, 0.717) is 22.7 Å². The first-order valence-electron chi connectivity index (χ1n) is 15.0. The van der Waals surface area contributed by atoms with Crippen molar-refractivity contribution in [2.24, 2.45) is 5.92 Å². The van der Waals surface area contributed by atoms with E-state index in [-0.39, 0.29) is 36.1 Å². The Morgan fingerprint density at radius 1 is 0.957 bits per heavy atom. The Labute approximate surface area is 266 Å². The van der Waals surface area contributed by atoms with Gasteiger partial charge < -0.3 is 30.7 Å². The average Bonchev–Trinajstić information content (AvgIpc) is 3.03. The summed E-state index contributed by atoms with van der Waals surface area (Å²) in [4.78, 5) is 64.1. The molecule has 0 saturated heterocycles. The second kappa shape index (κ2) is 13.6. The molecule has 2 aliphatic rings. The molecule has 0 fully saturated rings. The molecule has 12 heteroatoms. The summed E-state index contributed by atoms with van der Waals surface area (Å²) in [5.74, 6) is -2.10. The smallest absolute Gasteiger partial charge is 0.255 e. The lowest BCUT2D eigenvalue weighted by molar-refractivity contribution is -0.136. The number of carbonyl (C=O) groups excluding carboxylic acids is 4. The molecule has 3 aromatic carbocycles. The molecule has 4 aromatic rings. The first-order chi connectivity index (χ1) is 22.0. The molecule has 0 aliphatic carbocycles. The molecule has 46 heavy (non-hydrogen) atoms. The molecule has 0 spiro atoms. The monoisotopic (exact) mass is 624 g/mol. The molecule has 3 heterocycles. The minimum absolute atomic E-state index is 0.0698. The molecule has 3 atom stereocenters. The highest BCUT2D eigenvalue weighted by Gasteiger charge is 2.31. The van der Waals surface area contributed by atoms with Crippen LogP contribution in [0.2, 0.25) is 0 Å². The largest absolute Gasteiger partial charge is 0.507 e. The fourth-order valence-electron chi connectivity index (χ4n) is 5.10. The number of carbonyl (C=O) groups is 4. The maximum atomic E-state index is 13.8. The Morgan fingerprint density at radius 3 is 2.37 bits per heavy atom. The summed E-state index contributed by atoms with van der Waals surface area (Å²) >= 11 is 0. The minimum atomic E-state index is -1.04. The van der Waals surface area contributed by atoms with Gasteiger partial charge in [-0.05, 0) is 60.9 Å². The van der Waals surface area contributed by atoms with Crippen molar-refractivity contribution >= 4 is 34.7 Å². The first kappa shape index (κ1) is 31.9. The average molecular weight is 625 g/mol. The number of aromatic hydroxyl groups is 1. The van der Waals surface area contributed by atoms with Crippen molar-refractivity contribution in [1.29, 1.82) is 0 Å². The van der Waals surface area contributed by atoms with Crippen LogP contribution in [0.4, 0.5) is 0 Å². The van der Waals surface area contributed by atoms with Gasteiger partial charge in [-0.2, -0.15) is 0 Å². The fraction of sp³-hybridized carbons (Fsp3) is 0.294. The number of amides is 4. The highest BCUT2D eigenvalue weighted by molar-refractivity contribution is 6.00. The number of phenols is 1. The van der Waals surface area contributed by atoms with E-state index in [1.54, 1.807) is 51.4 Å². The molecule has 0 unspecified atom stereocenters. The van der Waals surface area contributed by atoms with Crippen molar-refractivity contribution in [1.82, 2.24) is 30.8 Å². The zero-order valence-electron chi connectivity index (χ0n) is 26.0. The lowest BCUT2D eigenvalue weighted by Crippen LogP contribution is -2.57. The zero-order valence-corrected chi connectivity index (χ0v) is 26.0. The Bertz CT molecular complexity index is 1780. The third kappa shape index (κ3) is 7.40. The minimum Gasteiger partial charge on any atom is -0.507 e. The second-order valence-electron chi connectivity index (χ2n) is 11.7. The number of para-hydroxylation sites is 2. The van der Waals surface area contributed by atoms with Crippen LogP contribution in [0.3, 0.4) is 0 Å². The van der Waals surface area contributed by atoms with Crippen LogP contribution in [0.1, 0.15) is 42.4 Å². The van der Waals surface area contributed by atoms with Gasteiger partial charge >= 0.3 is 0 Å². The van der Waals surface area contributed by atoms with Gasteiger partial charge in [0.1, 0.15) is 35.4 Å². The quantitative estimate of drug-likeness (QED) is 0.252. The molecule has 4 amide bonds. The number of aromatic nitrogens is 2. The molecule has 238 valence electrons. The van der Waals surface area contributed by atoms with Crippen LogP contribution in [0.25, 0.3) is 11.0 Å². The molecular formula is C34H36N6O6. The van der Waals surface area contributed by atoms with E-state index < -0.39 is 35.8 Å². The number of fused-ring (bicyclic) bond motifs is 12. The number of nitrogens with one attached hydrogen (secondary N) is 3. The number of nitrogens with zero attached hydrogens (tertiary/aromatic N) is 3. The summed E-state index contributed by atoms with van der Waals surface area (Å²) in [7, 11) is 1.63. The van der Waals surface area contributed by atoms with Crippen molar-refractivity contribution in [3.05, 3.63) is 89.7 Å². The van der Waals surface area contributed by atoms with Crippen LogP contribution < -0.4 is 20.7 Å². The van der Waals surface area contributed by atoms with Gasteiger partial charge in [-0.1, -0.05) is 38.1 Å². The topological polar surface area (TPSA) is 163 Å². The molecule has 2 aliphatic heterocycles. The lowest BCUT2D eigenvalue weighted by atomic mass is 10.0. The number of likely N-dealkylation sites (N-methyl/N-ethyl adjacent to an activating group) is 1. The molecule has 0 saturated carbocycles. The van der Waals surface area contributed by atoms with Crippen molar-refractivity contribution in [3.8, 4) is 17.2 Å². The Balaban J connectivity index is 1.44. The summed E-state index contributed by atoms with van der Waals surface area (Å²) in [5.41, 5.74) is 2.71. The molecule has 0 radical (unpaired) electrons. The Kier molecular flexibility index (Phi) is 9.45. The maximum absolute atomic E-state index is 13.8. The van der Waals surface area contributed by atoms with Gasteiger partial charge in [0.05, 0.1) is 35.0 Å². The molecule has 1 aromatic heterocycles. The summed E-state index contributed by atoms with van der Waals surface area (Å²) in [5, 5.41) is 18.5. The van der Waals surface area contributed by atoms with E-state index in [2.05, 4.69) is 25.9 Å². The highest BCUT2D eigenvalue weighted by Crippen LogP contribution is 2.28. The fourth-order valence-corrected chi connectivity index (χ4v) is 5.10. The van der Waals surface area contributed by atoms with Crippen molar-refractivity contribution in [3.63, 3.8) is 0 Å². The predicted molar refractivity (Wildman–Crippen MR) is 170 cm³/mol. The van der Waals surface area contributed by atoms with Crippen LogP contribution in [0.15, 0.2) is 72.9 Å². The van der Waals surface area contributed by atoms with E-state index in [0.717, 1.165) is 11.1 Å². The van der Waals surface area contributed by atoms with Gasteiger partial charge in [0.15, 0.2) is 0 Å². The summed E-state index contributed by atoms with van der Waals surface area (Å²) in [6.07, 6.45) is 1.78. The molecule has 12 nitrogen and oxygen atoms in total. The van der Waals surface area contributed by atoms with Gasteiger partial charge in [0.2, 0.25) is 17.7 Å². The van der Waals surface area contributed by atoms with Gasteiger partial charge in [-0.3, -0.25) is 24.2 Å². The van der Waals surface area contributed by atoms with Gasteiger partial charge in [0.25, 0.3) is 5.91 Å². The van der Waals surface area contributed by atoms with Gasteiger partial charge in [-0.25, -0.2) is 4.98 Å². The van der Waals surface area contributed by atoms with E-state index >= 15 is 0 Å². The Morgan fingerprint density at radius 2 is 1.65 bits per heavy atom. The zero-order chi connectivity index (χ0) is 33.0. The number of ether oxygens (including phenoxy) is 1. The maximum Gasteiger partial charge on any atom is 0.255 e. The number of hydrogen-bond acceptors (Lipinski definition) is 8. The predicted octanol–water partition coefficient (Wildman–Crippen LogP) is 3.09. The van der Waals surface area contributed by atoms with Crippen LogP contribution in [0.5, 0.6) is 17.2 Å².